The minimum Gasteiger partial charge on any atom is -0.460 e. The van der Waals surface area contributed by atoms with Crippen molar-refractivity contribution in [2.24, 2.45) is 17.3 Å². The molecule has 1 aliphatic rings. The Balaban J connectivity index is 2.18. The van der Waals surface area contributed by atoms with Crippen molar-refractivity contribution in [3.8, 4) is 0 Å². The molecule has 2 atom stereocenters. The molecule has 3 nitrogen and oxygen atoms in total. The molecule has 0 unspecified atom stereocenters. The van der Waals surface area contributed by atoms with E-state index in [1.807, 2.05) is 0 Å². The molecular weight excluding hydrogens is 465 g/mol. The second-order valence-corrected chi connectivity index (χ2v) is 7.67. The third-order valence-corrected chi connectivity index (χ3v) is 5.44. The Morgan fingerprint density at radius 1 is 1.11 bits per heavy atom. The number of aliphatic hydroxyl groups is 1. The third-order valence-electron chi connectivity index (χ3n) is 4.72. The number of hydrogen-bond acceptors (Lipinski definition) is 3. The highest BCUT2D eigenvalue weighted by atomic mass is 79.9. The van der Waals surface area contributed by atoms with Crippen LogP contribution in [0, 0.1) is 40.5 Å². The van der Waals surface area contributed by atoms with Gasteiger partial charge in [0.25, 0.3) is 0 Å². The second kappa shape index (κ2) is 7.66. The zero-order valence-corrected chi connectivity index (χ0v) is 16.0. The van der Waals surface area contributed by atoms with Gasteiger partial charge in [0, 0.05) is 0 Å². The average molecular weight is 479 g/mol. The van der Waals surface area contributed by atoms with Gasteiger partial charge in [0.2, 0.25) is 0 Å². The minimum absolute atomic E-state index is 0.794. The number of allylic oxidation sites excluding steroid dienone is 2. The van der Waals surface area contributed by atoms with Crippen LogP contribution in [0.2, 0.25) is 0 Å². The molecule has 0 aliphatic heterocycles. The van der Waals surface area contributed by atoms with Crippen molar-refractivity contribution in [3.63, 3.8) is 0 Å². The predicted octanol–water partition coefficient (Wildman–Crippen LogP) is 4.89. The fraction of sp³-hybridized carbons (Fsp3) is 0.471. The molecular formula is C17H14BrF7O3. The first-order valence-corrected chi connectivity index (χ1v) is 8.60. The van der Waals surface area contributed by atoms with E-state index in [9.17, 15) is 35.5 Å². The molecule has 11 heteroatoms. The number of alkyl halides is 3. The highest BCUT2D eigenvalue weighted by molar-refractivity contribution is 9.11. The summed E-state index contributed by atoms with van der Waals surface area (Å²) in [5.74, 6) is -10.3. The van der Waals surface area contributed by atoms with Crippen LogP contribution in [0.4, 0.5) is 30.7 Å². The summed E-state index contributed by atoms with van der Waals surface area (Å²) in [5.41, 5.74) is -3.34. The minimum atomic E-state index is -4.65. The quantitative estimate of drug-likeness (QED) is 0.372. The third kappa shape index (κ3) is 4.05. The molecule has 0 heterocycles. The van der Waals surface area contributed by atoms with E-state index in [2.05, 4.69) is 20.7 Å². The van der Waals surface area contributed by atoms with Gasteiger partial charge in [-0.05, 0) is 27.3 Å². The standard InChI is InChI=1S/C17H14BrF7O3/c1-16(2)8(3-9(18)17(23,24)25)10(16)15(27)28-5-7-13(21)11(19)6(4-26)12(20)14(7)22/h3,8,10,26H,4-5H2,1-2H3/t8-,10-/m0/s1. The lowest BCUT2D eigenvalue weighted by molar-refractivity contribution is -0.147. The van der Waals surface area contributed by atoms with Gasteiger partial charge in [-0.2, -0.15) is 13.2 Å². The van der Waals surface area contributed by atoms with Gasteiger partial charge in [0.15, 0.2) is 23.3 Å². The number of aliphatic hydroxyl groups excluding tert-OH is 1. The Hall–Kier alpha value is -1.62. The molecule has 2 rings (SSSR count). The molecule has 0 amide bonds. The van der Waals surface area contributed by atoms with Crippen LogP contribution >= 0.6 is 15.9 Å². The smallest absolute Gasteiger partial charge is 0.422 e. The maximum absolute atomic E-state index is 13.9. The lowest BCUT2D eigenvalue weighted by atomic mass is 10.1. The number of benzene rings is 1. The largest absolute Gasteiger partial charge is 0.460 e. The summed E-state index contributed by atoms with van der Waals surface area (Å²) in [5, 5.41) is 8.77. The van der Waals surface area contributed by atoms with E-state index in [1.165, 1.54) is 13.8 Å². The van der Waals surface area contributed by atoms with E-state index in [0.29, 0.717) is 0 Å². The second-order valence-electron chi connectivity index (χ2n) is 6.82. The Morgan fingerprint density at radius 3 is 2.00 bits per heavy atom. The van der Waals surface area contributed by atoms with Crippen molar-refractivity contribution >= 4 is 21.9 Å². The Morgan fingerprint density at radius 2 is 1.57 bits per heavy atom. The van der Waals surface area contributed by atoms with E-state index in [4.69, 9.17) is 5.11 Å². The van der Waals surface area contributed by atoms with Crippen LogP contribution in [0.3, 0.4) is 0 Å². The zero-order chi connectivity index (χ0) is 21.6. The molecule has 1 fully saturated rings. The molecule has 1 saturated carbocycles. The van der Waals surface area contributed by atoms with Crippen molar-refractivity contribution in [1.29, 1.82) is 0 Å². The summed E-state index contributed by atoms with van der Waals surface area (Å²) in [6.45, 7) is 0.532. The van der Waals surface area contributed by atoms with Crippen LogP contribution in [-0.4, -0.2) is 17.3 Å². The van der Waals surface area contributed by atoms with Crippen LogP contribution < -0.4 is 0 Å². The number of carbonyl (C=O) groups is 1. The molecule has 1 aromatic carbocycles. The van der Waals surface area contributed by atoms with E-state index < -0.39 is 81.5 Å². The Kier molecular flexibility index (Phi) is 6.20. The summed E-state index contributed by atoms with van der Waals surface area (Å²) in [7, 11) is 0. The van der Waals surface area contributed by atoms with Crippen molar-refractivity contribution in [3.05, 3.63) is 45.0 Å². The number of halogens is 8. The topological polar surface area (TPSA) is 46.5 Å². The van der Waals surface area contributed by atoms with Crippen LogP contribution in [0.15, 0.2) is 10.6 Å². The Bertz CT molecular complexity index is 804. The molecule has 0 spiro atoms. The van der Waals surface area contributed by atoms with Gasteiger partial charge in [0.05, 0.1) is 28.1 Å². The van der Waals surface area contributed by atoms with E-state index in [0.717, 1.165) is 6.08 Å². The monoisotopic (exact) mass is 478 g/mol. The van der Waals surface area contributed by atoms with Gasteiger partial charge < -0.3 is 9.84 Å². The lowest BCUT2D eigenvalue weighted by Crippen LogP contribution is -2.15. The van der Waals surface area contributed by atoms with Crippen LogP contribution in [0.5, 0.6) is 0 Å². The fourth-order valence-electron chi connectivity index (χ4n) is 2.91. The molecule has 0 radical (unpaired) electrons. The van der Waals surface area contributed by atoms with Gasteiger partial charge in [-0.15, -0.1) is 0 Å². The van der Waals surface area contributed by atoms with E-state index in [1.54, 1.807) is 0 Å². The van der Waals surface area contributed by atoms with Crippen molar-refractivity contribution < 1.29 is 45.4 Å². The summed E-state index contributed by atoms with van der Waals surface area (Å²) in [4.78, 5) is 12.1. The average Bonchev–Trinajstić information content (AvgIpc) is 3.13. The summed E-state index contributed by atoms with van der Waals surface area (Å²) in [6, 6.07) is 0. The first kappa shape index (κ1) is 22.7. The van der Waals surface area contributed by atoms with Gasteiger partial charge in [-0.25, -0.2) is 17.6 Å². The van der Waals surface area contributed by atoms with Crippen LogP contribution in [-0.2, 0) is 22.7 Å². The van der Waals surface area contributed by atoms with E-state index >= 15 is 0 Å². The molecule has 1 aliphatic carbocycles. The van der Waals surface area contributed by atoms with Gasteiger partial charge in [-0.1, -0.05) is 19.9 Å². The molecule has 0 bridgehead atoms. The van der Waals surface area contributed by atoms with Crippen molar-refractivity contribution in [2.45, 2.75) is 33.2 Å². The lowest BCUT2D eigenvalue weighted by Gasteiger charge is -2.11. The van der Waals surface area contributed by atoms with Gasteiger partial charge in [0.1, 0.15) is 6.61 Å². The number of rotatable bonds is 5. The molecule has 156 valence electrons. The van der Waals surface area contributed by atoms with E-state index in [-0.39, 0.29) is 0 Å². The Labute approximate surface area is 163 Å². The molecule has 1 aromatic rings. The first-order valence-electron chi connectivity index (χ1n) is 7.80. The van der Waals surface area contributed by atoms with Crippen molar-refractivity contribution in [1.82, 2.24) is 0 Å². The predicted molar refractivity (Wildman–Crippen MR) is 85.8 cm³/mol. The summed E-state index contributed by atoms with van der Waals surface area (Å²) < 4.78 is 96.4. The summed E-state index contributed by atoms with van der Waals surface area (Å²) >= 11 is 2.37. The maximum atomic E-state index is 13.9. The van der Waals surface area contributed by atoms with Crippen LogP contribution in [0.1, 0.15) is 25.0 Å². The fourth-order valence-corrected chi connectivity index (χ4v) is 3.20. The highest BCUT2D eigenvalue weighted by Crippen LogP contribution is 2.60. The molecule has 28 heavy (non-hydrogen) atoms. The number of hydrogen-bond donors (Lipinski definition) is 1. The number of carbonyl (C=O) groups excluding carboxylic acids is 1. The van der Waals surface area contributed by atoms with Crippen molar-refractivity contribution in [2.75, 3.05) is 0 Å². The number of ether oxygens (including phenoxy) is 1. The van der Waals surface area contributed by atoms with Gasteiger partial charge in [-0.3, -0.25) is 4.79 Å². The highest BCUT2D eigenvalue weighted by Gasteiger charge is 2.62. The SMILES string of the molecule is CC1(C)[C@H](C(=O)OCc2c(F)c(F)c(CO)c(F)c2F)[C@@H]1C=C(Br)C(F)(F)F. The normalized spacial score (nSPS) is 21.6. The molecule has 0 aromatic heterocycles. The zero-order valence-electron chi connectivity index (χ0n) is 14.4. The first-order chi connectivity index (χ1) is 12.7. The molecule has 1 N–H and O–H groups in total. The summed E-state index contributed by atoms with van der Waals surface area (Å²) in [6.07, 6.45) is -3.86. The number of esters is 1. The molecule has 0 saturated heterocycles. The maximum Gasteiger partial charge on any atom is 0.422 e. The van der Waals surface area contributed by atoms with Crippen LogP contribution in [0.25, 0.3) is 0 Å². The van der Waals surface area contributed by atoms with Gasteiger partial charge >= 0.3 is 12.1 Å².